The van der Waals surface area contributed by atoms with Crippen LogP contribution < -0.4 is 15.9 Å². The van der Waals surface area contributed by atoms with E-state index in [4.69, 9.17) is 0 Å². The first-order valence-electron chi connectivity index (χ1n) is 11.9. The maximum absolute atomic E-state index is 14.9. The number of fused-ring (bicyclic) bond motifs is 1. The highest BCUT2D eigenvalue weighted by molar-refractivity contribution is 7.79. The standard InChI is InChI=1S/C33H24FP/c34-26-20-21-30(32(23-26)35(27-15-6-2-7-16-27)28-17-8-3-9-18-28)33-29-19-11-10-14-25(29)22-31(33)24-12-4-1-5-13-24/h1-23,33H. The van der Waals surface area contributed by atoms with Crippen molar-refractivity contribution in [1.82, 2.24) is 0 Å². The lowest BCUT2D eigenvalue weighted by molar-refractivity contribution is 0.628. The van der Waals surface area contributed by atoms with Gasteiger partial charge in [-0.2, -0.15) is 0 Å². The molecule has 0 aromatic heterocycles. The molecule has 168 valence electrons. The van der Waals surface area contributed by atoms with E-state index in [1.165, 1.54) is 38.4 Å². The molecule has 1 aliphatic carbocycles. The molecule has 5 aromatic rings. The minimum Gasteiger partial charge on any atom is -0.207 e. The van der Waals surface area contributed by atoms with Crippen LogP contribution in [0.2, 0.25) is 0 Å². The Morgan fingerprint density at radius 1 is 0.543 bits per heavy atom. The van der Waals surface area contributed by atoms with E-state index in [0.29, 0.717) is 0 Å². The van der Waals surface area contributed by atoms with Gasteiger partial charge in [-0.15, -0.1) is 0 Å². The molecule has 0 saturated carbocycles. The zero-order valence-corrected chi connectivity index (χ0v) is 20.1. The molecule has 0 heterocycles. The van der Waals surface area contributed by atoms with Gasteiger partial charge in [0.25, 0.3) is 0 Å². The maximum Gasteiger partial charge on any atom is 0.123 e. The van der Waals surface area contributed by atoms with Crippen molar-refractivity contribution in [2.24, 2.45) is 0 Å². The highest BCUT2D eigenvalue weighted by atomic mass is 31.1. The first kappa shape index (κ1) is 21.7. The largest absolute Gasteiger partial charge is 0.207 e. The fourth-order valence-corrected chi connectivity index (χ4v) is 7.58. The first-order chi connectivity index (χ1) is 17.3. The van der Waals surface area contributed by atoms with Crippen LogP contribution in [0.5, 0.6) is 0 Å². The molecule has 5 aromatic carbocycles. The van der Waals surface area contributed by atoms with Gasteiger partial charge >= 0.3 is 0 Å². The molecule has 0 amide bonds. The van der Waals surface area contributed by atoms with Gasteiger partial charge in [-0.3, -0.25) is 0 Å². The van der Waals surface area contributed by atoms with Crippen molar-refractivity contribution < 1.29 is 4.39 Å². The van der Waals surface area contributed by atoms with Gasteiger partial charge in [-0.05, 0) is 69.9 Å². The lowest BCUT2D eigenvalue weighted by Crippen LogP contribution is -2.25. The minimum atomic E-state index is -0.944. The summed E-state index contributed by atoms with van der Waals surface area (Å²) >= 11 is 0. The Kier molecular flexibility index (Phi) is 5.86. The van der Waals surface area contributed by atoms with Crippen molar-refractivity contribution in [3.8, 4) is 0 Å². The van der Waals surface area contributed by atoms with Crippen molar-refractivity contribution in [2.75, 3.05) is 0 Å². The van der Waals surface area contributed by atoms with Crippen molar-refractivity contribution >= 4 is 35.5 Å². The van der Waals surface area contributed by atoms with E-state index in [9.17, 15) is 4.39 Å². The molecule has 0 bridgehead atoms. The van der Waals surface area contributed by atoms with E-state index in [0.717, 1.165) is 5.30 Å². The molecular weight excluding hydrogens is 446 g/mol. The number of allylic oxidation sites excluding steroid dienone is 1. The molecule has 0 spiro atoms. The highest BCUT2D eigenvalue weighted by Gasteiger charge is 2.32. The Morgan fingerprint density at radius 3 is 1.77 bits per heavy atom. The highest BCUT2D eigenvalue weighted by Crippen LogP contribution is 2.48. The summed E-state index contributed by atoms with van der Waals surface area (Å²) < 4.78 is 14.9. The molecule has 0 radical (unpaired) electrons. The van der Waals surface area contributed by atoms with Gasteiger partial charge in [0, 0.05) is 5.92 Å². The fourth-order valence-electron chi connectivity index (χ4n) is 5.08. The van der Waals surface area contributed by atoms with Gasteiger partial charge in [0.1, 0.15) is 5.82 Å². The zero-order valence-electron chi connectivity index (χ0n) is 19.2. The summed E-state index contributed by atoms with van der Waals surface area (Å²) in [5, 5.41) is 3.51. The number of hydrogen-bond donors (Lipinski definition) is 0. The van der Waals surface area contributed by atoms with Crippen LogP contribution in [0.1, 0.15) is 28.2 Å². The summed E-state index contributed by atoms with van der Waals surface area (Å²) in [7, 11) is -0.944. The third-order valence-electron chi connectivity index (χ3n) is 6.61. The maximum atomic E-state index is 14.9. The summed E-state index contributed by atoms with van der Waals surface area (Å²) in [6, 6.07) is 45.6. The number of benzene rings is 5. The normalized spacial score (nSPS) is 14.6. The number of hydrogen-bond acceptors (Lipinski definition) is 0. The smallest absolute Gasteiger partial charge is 0.123 e. The fraction of sp³-hybridized carbons (Fsp3) is 0.0303. The van der Waals surface area contributed by atoms with E-state index in [1.54, 1.807) is 12.1 Å². The summed E-state index contributed by atoms with van der Waals surface area (Å²) in [5.74, 6) is -0.152. The average molecular weight is 471 g/mol. The zero-order chi connectivity index (χ0) is 23.6. The van der Waals surface area contributed by atoms with Gasteiger partial charge in [0.2, 0.25) is 0 Å². The second-order valence-corrected chi connectivity index (χ2v) is 10.9. The molecule has 0 fully saturated rings. The Hall–Kier alpha value is -3.80. The molecule has 1 aliphatic rings. The van der Waals surface area contributed by atoms with Crippen LogP contribution in [0.3, 0.4) is 0 Å². The monoisotopic (exact) mass is 470 g/mol. The van der Waals surface area contributed by atoms with Crippen LogP contribution in [0.15, 0.2) is 133 Å². The second-order valence-electron chi connectivity index (χ2n) is 8.74. The summed E-state index contributed by atoms with van der Waals surface area (Å²) in [6.07, 6.45) is 2.30. The summed E-state index contributed by atoms with van der Waals surface area (Å²) in [6.45, 7) is 0. The Labute approximate surface area is 207 Å². The average Bonchev–Trinajstić information content (AvgIpc) is 3.30. The molecule has 35 heavy (non-hydrogen) atoms. The topological polar surface area (TPSA) is 0 Å². The van der Waals surface area contributed by atoms with Crippen LogP contribution in [-0.2, 0) is 0 Å². The van der Waals surface area contributed by atoms with Gasteiger partial charge in [0.15, 0.2) is 0 Å². The summed E-state index contributed by atoms with van der Waals surface area (Å²) in [5.41, 5.74) is 6.14. The van der Waals surface area contributed by atoms with E-state index >= 15 is 0 Å². The van der Waals surface area contributed by atoms with E-state index in [2.05, 4.69) is 109 Å². The first-order valence-corrected chi connectivity index (χ1v) is 13.2. The lowest BCUT2D eigenvalue weighted by atomic mass is 9.85. The van der Waals surface area contributed by atoms with E-state index < -0.39 is 7.92 Å². The number of rotatable bonds is 5. The third kappa shape index (κ3) is 4.14. The van der Waals surface area contributed by atoms with Crippen molar-refractivity contribution in [2.45, 2.75) is 5.92 Å². The Morgan fingerprint density at radius 2 is 1.11 bits per heavy atom. The molecule has 6 rings (SSSR count). The molecule has 2 heteroatoms. The molecular formula is C33H24FP. The minimum absolute atomic E-state index is 0.0432. The molecule has 0 N–H and O–H groups in total. The predicted octanol–water partition coefficient (Wildman–Crippen LogP) is 7.27. The SMILES string of the molecule is Fc1ccc(C2C(c3ccccc3)=Cc3ccccc32)c(P(c2ccccc2)c2ccccc2)c1. The van der Waals surface area contributed by atoms with Gasteiger partial charge in [0.05, 0.1) is 0 Å². The van der Waals surface area contributed by atoms with Crippen LogP contribution >= 0.6 is 7.92 Å². The molecule has 0 saturated heterocycles. The van der Waals surface area contributed by atoms with Crippen LogP contribution in [-0.4, -0.2) is 0 Å². The molecule has 0 nitrogen and oxygen atoms in total. The predicted molar refractivity (Wildman–Crippen MR) is 148 cm³/mol. The number of halogens is 1. The van der Waals surface area contributed by atoms with Gasteiger partial charge in [-0.1, -0.05) is 121 Å². The van der Waals surface area contributed by atoms with Crippen molar-refractivity contribution in [3.63, 3.8) is 0 Å². The Bertz CT molecular complexity index is 1450. The quantitative estimate of drug-likeness (QED) is 0.237. The lowest BCUT2D eigenvalue weighted by Gasteiger charge is -2.27. The molecule has 1 atom stereocenters. The second kappa shape index (κ2) is 9.45. The van der Waals surface area contributed by atoms with Crippen LogP contribution in [0.25, 0.3) is 11.6 Å². The van der Waals surface area contributed by atoms with E-state index in [-0.39, 0.29) is 11.7 Å². The van der Waals surface area contributed by atoms with Gasteiger partial charge < -0.3 is 0 Å². The van der Waals surface area contributed by atoms with E-state index in [1.807, 2.05) is 18.2 Å². The molecule has 1 unspecified atom stereocenters. The Balaban J connectivity index is 1.60. The third-order valence-corrected chi connectivity index (χ3v) is 9.11. The van der Waals surface area contributed by atoms with Crippen LogP contribution in [0, 0.1) is 5.82 Å². The van der Waals surface area contributed by atoms with Gasteiger partial charge in [-0.25, -0.2) is 4.39 Å². The molecule has 0 aliphatic heterocycles. The van der Waals surface area contributed by atoms with Crippen molar-refractivity contribution in [1.29, 1.82) is 0 Å². The summed E-state index contributed by atoms with van der Waals surface area (Å²) in [4.78, 5) is 0. The van der Waals surface area contributed by atoms with Crippen molar-refractivity contribution in [3.05, 3.63) is 162 Å². The van der Waals surface area contributed by atoms with Crippen LogP contribution in [0.4, 0.5) is 4.39 Å².